The number of sulfonamides is 1. The Balaban J connectivity index is 1.69. The first kappa shape index (κ1) is 20.6. The van der Waals surface area contributed by atoms with Crippen molar-refractivity contribution in [2.45, 2.75) is 37.8 Å². The highest BCUT2D eigenvalue weighted by Gasteiger charge is 2.35. The predicted molar refractivity (Wildman–Crippen MR) is 100 cm³/mol. The highest BCUT2D eigenvalue weighted by atomic mass is 32.2. The van der Waals surface area contributed by atoms with Gasteiger partial charge in [-0.2, -0.15) is 0 Å². The van der Waals surface area contributed by atoms with Gasteiger partial charge in [0.1, 0.15) is 0 Å². The van der Waals surface area contributed by atoms with Gasteiger partial charge in [0.2, 0.25) is 15.9 Å². The second-order valence-electron chi connectivity index (χ2n) is 6.59. The summed E-state index contributed by atoms with van der Waals surface area (Å²) in [7, 11) is -1.74. The monoisotopic (exact) mass is 384 g/mol. The average molecular weight is 385 g/mol. The standard InChI is InChI=1S/C17H28N4O4S/c1-25-16-11-13(6-7-15(16)21-26(2,23)24)17(22)20-10-4-9-19-14-5-3-8-18-12-14/h3,5,8,12-13,15-16,19,21H,4,6-7,9-11H2,1-2H3,(H,20,22)/t13-,15-,16-/m0/s1. The highest BCUT2D eigenvalue weighted by Crippen LogP contribution is 2.27. The molecule has 0 aromatic carbocycles. The van der Waals surface area contributed by atoms with E-state index >= 15 is 0 Å². The third-order valence-corrected chi connectivity index (χ3v) is 5.21. The summed E-state index contributed by atoms with van der Waals surface area (Å²) in [4.78, 5) is 16.4. The van der Waals surface area contributed by atoms with Gasteiger partial charge in [-0.1, -0.05) is 0 Å². The van der Waals surface area contributed by atoms with Crippen LogP contribution in [0, 0.1) is 5.92 Å². The number of hydrogen-bond donors (Lipinski definition) is 3. The Morgan fingerprint density at radius 3 is 2.81 bits per heavy atom. The summed E-state index contributed by atoms with van der Waals surface area (Å²) in [6.45, 7) is 1.34. The van der Waals surface area contributed by atoms with Crippen LogP contribution < -0.4 is 15.4 Å². The van der Waals surface area contributed by atoms with E-state index < -0.39 is 10.0 Å². The van der Waals surface area contributed by atoms with Gasteiger partial charge >= 0.3 is 0 Å². The Hall–Kier alpha value is -1.71. The molecule has 1 aliphatic carbocycles. The summed E-state index contributed by atoms with van der Waals surface area (Å²) in [6.07, 6.45) is 6.88. The fraction of sp³-hybridized carbons (Fsp3) is 0.647. The topological polar surface area (TPSA) is 109 Å². The van der Waals surface area contributed by atoms with Crippen molar-refractivity contribution in [2.24, 2.45) is 5.92 Å². The van der Waals surface area contributed by atoms with Gasteiger partial charge in [-0.05, 0) is 37.8 Å². The molecule has 3 atom stereocenters. The number of aromatic nitrogens is 1. The van der Waals surface area contributed by atoms with Crippen LogP contribution in [0.15, 0.2) is 24.5 Å². The van der Waals surface area contributed by atoms with Crippen molar-refractivity contribution >= 4 is 21.6 Å². The molecule has 0 aliphatic heterocycles. The number of ether oxygens (including phenoxy) is 1. The van der Waals surface area contributed by atoms with Crippen molar-refractivity contribution in [1.29, 1.82) is 0 Å². The molecular weight excluding hydrogens is 356 g/mol. The zero-order valence-electron chi connectivity index (χ0n) is 15.3. The van der Waals surface area contributed by atoms with Gasteiger partial charge in [0.25, 0.3) is 0 Å². The van der Waals surface area contributed by atoms with Crippen molar-refractivity contribution in [2.75, 3.05) is 31.8 Å². The van der Waals surface area contributed by atoms with E-state index in [9.17, 15) is 13.2 Å². The summed E-state index contributed by atoms with van der Waals surface area (Å²) >= 11 is 0. The highest BCUT2D eigenvalue weighted by molar-refractivity contribution is 7.88. The Bertz CT molecular complexity index is 669. The maximum Gasteiger partial charge on any atom is 0.223 e. The molecule has 0 radical (unpaired) electrons. The number of nitrogens with one attached hydrogen (secondary N) is 3. The maximum atomic E-state index is 12.3. The van der Waals surface area contributed by atoms with Gasteiger partial charge in [0.15, 0.2) is 0 Å². The van der Waals surface area contributed by atoms with E-state index in [4.69, 9.17) is 4.74 Å². The van der Waals surface area contributed by atoms with E-state index in [0.29, 0.717) is 25.8 Å². The molecule has 1 aromatic rings. The summed E-state index contributed by atoms with van der Waals surface area (Å²) in [5.74, 6) is -0.143. The SMILES string of the molecule is CO[C@H]1C[C@@H](C(=O)NCCCNc2cccnc2)CC[C@@H]1NS(C)(=O)=O. The van der Waals surface area contributed by atoms with Crippen LogP contribution >= 0.6 is 0 Å². The average Bonchev–Trinajstić information content (AvgIpc) is 2.61. The van der Waals surface area contributed by atoms with Gasteiger partial charge in [0, 0.05) is 44.6 Å². The molecule has 1 aliphatic rings. The van der Waals surface area contributed by atoms with E-state index in [2.05, 4.69) is 20.3 Å². The van der Waals surface area contributed by atoms with E-state index in [-0.39, 0.29) is 24.0 Å². The number of carbonyl (C=O) groups is 1. The van der Waals surface area contributed by atoms with Crippen LogP contribution in [-0.2, 0) is 19.6 Å². The fourth-order valence-electron chi connectivity index (χ4n) is 3.18. The largest absolute Gasteiger partial charge is 0.384 e. The second-order valence-corrected chi connectivity index (χ2v) is 8.37. The molecule has 26 heavy (non-hydrogen) atoms. The lowest BCUT2D eigenvalue weighted by atomic mass is 9.83. The molecule has 3 N–H and O–H groups in total. The lowest BCUT2D eigenvalue weighted by molar-refractivity contribution is -0.127. The van der Waals surface area contributed by atoms with E-state index in [1.807, 2.05) is 12.1 Å². The van der Waals surface area contributed by atoms with Crippen molar-refractivity contribution in [3.8, 4) is 0 Å². The van der Waals surface area contributed by atoms with E-state index in [0.717, 1.165) is 24.9 Å². The fourth-order valence-corrected chi connectivity index (χ4v) is 4.00. The van der Waals surface area contributed by atoms with Crippen LogP contribution in [0.3, 0.4) is 0 Å². The van der Waals surface area contributed by atoms with Crippen molar-refractivity contribution in [3.63, 3.8) is 0 Å². The van der Waals surface area contributed by atoms with Gasteiger partial charge in [-0.3, -0.25) is 9.78 Å². The van der Waals surface area contributed by atoms with Gasteiger partial charge in [-0.25, -0.2) is 13.1 Å². The summed E-state index contributed by atoms with van der Waals surface area (Å²) in [6, 6.07) is 3.54. The lowest BCUT2D eigenvalue weighted by Crippen LogP contribution is -2.49. The molecule has 2 rings (SSSR count). The Morgan fingerprint density at radius 2 is 2.15 bits per heavy atom. The number of amides is 1. The number of hydrogen-bond acceptors (Lipinski definition) is 6. The van der Waals surface area contributed by atoms with Gasteiger partial charge < -0.3 is 15.4 Å². The molecule has 9 heteroatoms. The minimum absolute atomic E-state index is 0.00577. The molecule has 0 spiro atoms. The number of anilines is 1. The van der Waals surface area contributed by atoms with Crippen LogP contribution in [0.2, 0.25) is 0 Å². The number of nitrogens with zero attached hydrogens (tertiary/aromatic N) is 1. The first-order valence-corrected chi connectivity index (χ1v) is 10.7. The van der Waals surface area contributed by atoms with E-state index in [1.165, 1.54) is 0 Å². The molecule has 8 nitrogen and oxygen atoms in total. The van der Waals surface area contributed by atoms with Gasteiger partial charge in [-0.15, -0.1) is 0 Å². The predicted octanol–water partition coefficient (Wildman–Crippen LogP) is 0.733. The minimum Gasteiger partial charge on any atom is -0.384 e. The summed E-state index contributed by atoms with van der Waals surface area (Å²) < 4.78 is 30.8. The molecular formula is C17H28N4O4S. The Kier molecular flexibility index (Phi) is 7.80. The molecule has 0 unspecified atom stereocenters. The number of methoxy groups -OCH3 is 1. The van der Waals surface area contributed by atoms with Crippen LogP contribution in [-0.4, -0.2) is 57.9 Å². The second kappa shape index (κ2) is 9.84. The zero-order chi connectivity index (χ0) is 19.0. The van der Waals surface area contributed by atoms with Crippen LogP contribution in [0.4, 0.5) is 5.69 Å². The minimum atomic E-state index is -3.29. The maximum absolute atomic E-state index is 12.3. The first-order valence-electron chi connectivity index (χ1n) is 8.80. The molecule has 1 fully saturated rings. The summed E-state index contributed by atoms with van der Waals surface area (Å²) in [5, 5.41) is 6.20. The van der Waals surface area contributed by atoms with Crippen molar-refractivity contribution in [3.05, 3.63) is 24.5 Å². The van der Waals surface area contributed by atoms with Crippen molar-refractivity contribution < 1.29 is 17.9 Å². The van der Waals surface area contributed by atoms with Crippen molar-refractivity contribution in [1.82, 2.24) is 15.0 Å². The first-order chi connectivity index (χ1) is 12.4. The van der Waals surface area contributed by atoms with Crippen LogP contribution in [0.5, 0.6) is 0 Å². The zero-order valence-corrected chi connectivity index (χ0v) is 16.1. The number of pyridine rings is 1. The van der Waals surface area contributed by atoms with E-state index in [1.54, 1.807) is 19.5 Å². The number of carbonyl (C=O) groups excluding carboxylic acids is 1. The smallest absolute Gasteiger partial charge is 0.223 e. The quantitative estimate of drug-likeness (QED) is 0.542. The normalized spacial score (nSPS) is 23.4. The third kappa shape index (κ3) is 6.89. The summed E-state index contributed by atoms with van der Waals surface area (Å²) in [5.41, 5.74) is 0.957. The Labute approximate surface area is 155 Å². The third-order valence-electron chi connectivity index (χ3n) is 4.47. The molecule has 0 bridgehead atoms. The van der Waals surface area contributed by atoms with Gasteiger partial charge in [0.05, 0.1) is 18.0 Å². The molecule has 1 saturated carbocycles. The molecule has 1 amide bonds. The van der Waals surface area contributed by atoms with Crippen LogP contribution in [0.25, 0.3) is 0 Å². The lowest BCUT2D eigenvalue weighted by Gasteiger charge is -2.34. The Morgan fingerprint density at radius 1 is 1.35 bits per heavy atom. The molecule has 1 aromatic heterocycles. The van der Waals surface area contributed by atoms with Crippen LogP contribution in [0.1, 0.15) is 25.7 Å². The molecule has 0 saturated heterocycles. The molecule has 146 valence electrons. The number of rotatable bonds is 9. The molecule has 1 heterocycles.